The van der Waals surface area contributed by atoms with Gasteiger partial charge in [-0.3, -0.25) is 4.79 Å². The molecule has 112 valence electrons. The van der Waals surface area contributed by atoms with Crippen molar-refractivity contribution in [3.8, 4) is 5.75 Å². The number of hydrogen-bond acceptors (Lipinski definition) is 4. The van der Waals surface area contributed by atoms with E-state index in [4.69, 9.17) is 4.74 Å². The van der Waals surface area contributed by atoms with E-state index in [0.717, 1.165) is 23.4 Å². The van der Waals surface area contributed by atoms with E-state index >= 15 is 0 Å². The number of hydrogen-bond donors (Lipinski definition) is 1. The number of thiazole rings is 1. The maximum atomic E-state index is 11.9. The normalized spacial score (nSPS) is 11.9. The second kappa shape index (κ2) is 7.78. The van der Waals surface area contributed by atoms with E-state index in [2.05, 4.69) is 17.2 Å². The first kappa shape index (κ1) is 15.5. The lowest BCUT2D eigenvalue weighted by molar-refractivity contribution is -0.121. The van der Waals surface area contributed by atoms with Crippen LogP contribution >= 0.6 is 11.3 Å². The Hall–Kier alpha value is -1.88. The van der Waals surface area contributed by atoms with Gasteiger partial charge in [-0.05, 0) is 23.6 Å². The van der Waals surface area contributed by atoms with Crippen molar-refractivity contribution in [1.29, 1.82) is 0 Å². The number of aromatic nitrogens is 1. The highest BCUT2D eigenvalue weighted by Gasteiger charge is 2.11. The van der Waals surface area contributed by atoms with Crippen molar-refractivity contribution < 1.29 is 9.53 Å². The van der Waals surface area contributed by atoms with Gasteiger partial charge < -0.3 is 10.1 Å². The Kier molecular flexibility index (Phi) is 5.75. The summed E-state index contributed by atoms with van der Waals surface area (Å²) in [5.74, 6) is 1.10. The molecule has 21 heavy (non-hydrogen) atoms. The topological polar surface area (TPSA) is 51.2 Å². The number of amides is 1. The molecule has 2 rings (SSSR count). The molecule has 1 atom stereocenters. The zero-order chi connectivity index (χ0) is 15.1. The lowest BCUT2D eigenvalue weighted by Crippen LogP contribution is -2.26. The molecule has 1 amide bonds. The first-order valence-corrected chi connectivity index (χ1v) is 7.91. The van der Waals surface area contributed by atoms with Crippen LogP contribution in [0.1, 0.15) is 30.5 Å². The molecule has 0 bridgehead atoms. The number of carbonyl (C=O) groups excluding carboxylic acids is 1. The van der Waals surface area contributed by atoms with Crippen LogP contribution in [0.4, 0.5) is 0 Å². The molecular formula is C16H20N2O2S. The number of rotatable bonds is 7. The molecule has 4 nitrogen and oxygen atoms in total. The van der Waals surface area contributed by atoms with E-state index in [0.29, 0.717) is 13.0 Å². The number of carbonyl (C=O) groups is 1. The number of nitrogens with one attached hydrogen (secondary N) is 1. The third-order valence-electron chi connectivity index (χ3n) is 3.36. The van der Waals surface area contributed by atoms with E-state index in [-0.39, 0.29) is 11.8 Å². The predicted molar refractivity (Wildman–Crippen MR) is 84.9 cm³/mol. The van der Waals surface area contributed by atoms with Crippen molar-refractivity contribution in [2.45, 2.75) is 25.7 Å². The minimum atomic E-state index is 0.0774. The quantitative estimate of drug-likeness (QED) is 0.855. The average Bonchev–Trinajstić information content (AvgIpc) is 3.00. The smallest absolute Gasteiger partial charge is 0.220 e. The Balaban J connectivity index is 1.75. The van der Waals surface area contributed by atoms with Crippen LogP contribution in [-0.4, -0.2) is 24.5 Å². The standard InChI is InChI=1S/C16H20N2O2S/c1-12(13-3-5-15(20-2)6-4-13)9-16(19)17-8-7-14-10-21-11-18-14/h3-6,10-12H,7-9H2,1-2H3,(H,17,19). The fourth-order valence-corrected chi connectivity index (χ4v) is 2.68. The van der Waals surface area contributed by atoms with Crippen LogP contribution in [0.3, 0.4) is 0 Å². The molecule has 5 heteroatoms. The Morgan fingerprint density at radius 1 is 1.38 bits per heavy atom. The third-order valence-corrected chi connectivity index (χ3v) is 4.00. The van der Waals surface area contributed by atoms with Gasteiger partial charge in [-0.25, -0.2) is 4.98 Å². The molecule has 0 aliphatic rings. The molecule has 0 aliphatic heterocycles. The predicted octanol–water partition coefficient (Wildman–Crippen LogP) is 3.00. The molecule has 0 saturated carbocycles. The fourth-order valence-electron chi connectivity index (χ4n) is 2.09. The van der Waals surface area contributed by atoms with E-state index in [1.807, 2.05) is 35.2 Å². The number of benzene rings is 1. The summed E-state index contributed by atoms with van der Waals surface area (Å²) in [5.41, 5.74) is 3.98. The van der Waals surface area contributed by atoms with Crippen LogP contribution in [-0.2, 0) is 11.2 Å². The van der Waals surface area contributed by atoms with Crippen molar-refractivity contribution in [3.63, 3.8) is 0 Å². The summed E-state index contributed by atoms with van der Waals surface area (Å²) in [6, 6.07) is 7.86. The first-order valence-electron chi connectivity index (χ1n) is 6.96. The van der Waals surface area contributed by atoms with E-state index in [1.54, 1.807) is 18.4 Å². The van der Waals surface area contributed by atoms with Gasteiger partial charge in [-0.1, -0.05) is 19.1 Å². The van der Waals surface area contributed by atoms with Crippen molar-refractivity contribution in [2.24, 2.45) is 0 Å². The Labute approximate surface area is 129 Å². The summed E-state index contributed by atoms with van der Waals surface area (Å²) < 4.78 is 5.13. The highest BCUT2D eigenvalue weighted by molar-refractivity contribution is 7.07. The van der Waals surface area contributed by atoms with Gasteiger partial charge in [0.2, 0.25) is 5.91 Å². The van der Waals surface area contributed by atoms with Crippen molar-refractivity contribution in [3.05, 3.63) is 46.4 Å². The Morgan fingerprint density at radius 3 is 2.76 bits per heavy atom. The lowest BCUT2D eigenvalue weighted by Gasteiger charge is -2.12. The van der Waals surface area contributed by atoms with Crippen LogP contribution in [0.2, 0.25) is 0 Å². The van der Waals surface area contributed by atoms with Crippen LogP contribution in [0.5, 0.6) is 5.75 Å². The molecule has 0 radical (unpaired) electrons. The molecule has 2 aromatic rings. The molecule has 1 aromatic heterocycles. The molecular weight excluding hydrogens is 284 g/mol. The average molecular weight is 304 g/mol. The van der Waals surface area contributed by atoms with Gasteiger partial charge in [0.15, 0.2) is 0 Å². The summed E-state index contributed by atoms with van der Waals surface area (Å²) in [5, 5.41) is 4.95. The molecule has 0 fully saturated rings. The zero-order valence-electron chi connectivity index (χ0n) is 12.3. The van der Waals surface area contributed by atoms with E-state index in [1.165, 1.54) is 0 Å². The largest absolute Gasteiger partial charge is 0.497 e. The van der Waals surface area contributed by atoms with Gasteiger partial charge in [0.1, 0.15) is 5.75 Å². The van der Waals surface area contributed by atoms with Crippen molar-refractivity contribution in [2.75, 3.05) is 13.7 Å². The molecule has 0 aliphatic carbocycles. The van der Waals surface area contributed by atoms with Gasteiger partial charge in [0.05, 0.1) is 18.3 Å². The highest BCUT2D eigenvalue weighted by Crippen LogP contribution is 2.21. The minimum Gasteiger partial charge on any atom is -0.497 e. The fraction of sp³-hybridized carbons (Fsp3) is 0.375. The maximum Gasteiger partial charge on any atom is 0.220 e. The first-order chi connectivity index (χ1) is 10.2. The van der Waals surface area contributed by atoms with Crippen LogP contribution in [0.25, 0.3) is 0 Å². The molecule has 0 spiro atoms. The second-order valence-electron chi connectivity index (χ2n) is 4.96. The van der Waals surface area contributed by atoms with Crippen LogP contribution in [0, 0.1) is 0 Å². The highest BCUT2D eigenvalue weighted by atomic mass is 32.1. The molecule has 1 unspecified atom stereocenters. The minimum absolute atomic E-state index is 0.0774. The van der Waals surface area contributed by atoms with Crippen molar-refractivity contribution >= 4 is 17.2 Å². The molecule has 0 saturated heterocycles. The molecule has 1 N–H and O–H groups in total. The summed E-state index contributed by atoms with van der Waals surface area (Å²) in [6.45, 7) is 2.69. The number of ether oxygens (including phenoxy) is 1. The third kappa shape index (κ3) is 4.86. The van der Waals surface area contributed by atoms with Gasteiger partial charge in [0.25, 0.3) is 0 Å². The van der Waals surface area contributed by atoms with Crippen LogP contribution in [0.15, 0.2) is 35.2 Å². The Bertz CT molecular complexity index is 552. The molecule has 1 aromatic carbocycles. The van der Waals surface area contributed by atoms with E-state index in [9.17, 15) is 4.79 Å². The monoisotopic (exact) mass is 304 g/mol. The lowest BCUT2D eigenvalue weighted by atomic mass is 9.97. The van der Waals surface area contributed by atoms with Gasteiger partial charge in [-0.2, -0.15) is 0 Å². The van der Waals surface area contributed by atoms with E-state index < -0.39 is 0 Å². The summed E-state index contributed by atoms with van der Waals surface area (Å²) in [7, 11) is 1.65. The molecule has 1 heterocycles. The summed E-state index contributed by atoms with van der Waals surface area (Å²) >= 11 is 1.58. The Morgan fingerprint density at radius 2 is 2.14 bits per heavy atom. The van der Waals surface area contributed by atoms with Gasteiger partial charge >= 0.3 is 0 Å². The summed E-state index contributed by atoms with van der Waals surface area (Å²) in [6.07, 6.45) is 1.27. The summed E-state index contributed by atoms with van der Waals surface area (Å²) in [4.78, 5) is 16.1. The SMILES string of the molecule is COc1ccc(C(C)CC(=O)NCCc2cscn2)cc1. The van der Waals surface area contributed by atoms with Crippen molar-refractivity contribution in [1.82, 2.24) is 10.3 Å². The number of nitrogens with zero attached hydrogens (tertiary/aromatic N) is 1. The van der Waals surface area contributed by atoms with Gasteiger partial charge in [0, 0.05) is 24.8 Å². The number of methoxy groups -OCH3 is 1. The van der Waals surface area contributed by atoms with Gasteiger partial charge in [-0.15, -0.1) is 11.3 Å². The zero-order valence-corrected chi connectivity index (χ0v) is 13.2. The maximum absolute atomic E-state index is 11.9. The second-order valence-corrected chi connectivity index (χ2v) is 5.68. The van der Waals surface area contributed by atoms with Crippen LogP contribution < -0.4 is 10.1 Å².